The van der Waals surface area contributed by atoms with E-state index in [1.54, 1.807) is 31.3 Å². The smallest absolute Gasteiger partial charge is 0.415 e. The van der Waals surface area contributed by atoms with Crippen molar-refractivity contribution in [2.75, 3.05) is 56.7 Å². The lowest BCUT2D eigenvalue weighted by atomic mass is 9.99. The third-order valence-electron chi connectivity index (χ3n) is 6.67. The molecule has 36 heavy (non-hydrogen) atoms. The van der Waals surface area contributed by atoms with Gasteiger partial charge in [0.25, 0.3) is 0 Å². The number of aromatic nitrogens is 1. The monoisotopic (exact) mass is 508 g/mol. The van der Waals surface area contributed by atoms with Gasteiger partial charge in [-0.15, -0.1) is 0 Å². The minimum absolute atomic E-state index is 0.299. The van der Waals surface area contributed by atoms with Crippen LogP contribution in [0.2, 0.25) is 5.02 Å². The lowest BCUT2D eigenvalue weighted by Crippen LogP contribution is -2.49. The van der Waals surface area contributed by atoms with Gasteiger partial charge in [-0.3, -0.25) is 9.80 Å². The molecular formula is C27H29ClN4O4. The third-order valence-corrected chi connectivity index (χ3v) is 6.92. The number of ether oxygens (including phenoxy) is 3. The van der Waals surface area contributed by atoms with Crippen LogP contribution in [0.25, 0.3) is 0 Å². The molecule has 2 atom stereocenters. The van der Waals surface area contributed by atoms with Crippen molar-refractivity contribution in [2.24, 2.45) is 0 Å². The molecule has 0 unspecified atom stereocenters. The second-order valence-corrected chi connectivity index (χ2v) is 9.25. The van der Waals surface area contributed by atoms with E-state index in [9.17, 15) is 4.79 Å². The zero-order valence-electron chi connectivity index (χ0n) is 20.3. The molecule has 3 heterocycles. The summed E-state index contributed by atoms with van der Waals surface area (Å²) in [6.45, 7) is 3.94. The van der Waals surface area contributed by atoms with Gasteiger partial charge in [0.2, 0.25) is 5.88 Å². The molecule has 3 aromatic rings. The van der Waals surface area contributed by atoms with Gasteiger partial charge in [-0.05, 0) is 48.0 Å². The Morgan fingerprint density at radius 2 is 1.72 bits per heavy atom. The highest BCUT2D eigenvalue weighted by Crippen LogP contribution is 2.39. The van der Waals surface area contributed by atoms with Gasteiger partial charge < -0.3 is 19.1 Å². The fourth-order valence-electron chi connectivity index (χ4n) is 4.83. The number of benzene rings is 2. The van der Waals surface area contributed by atoms with Crippen LogP contribution in [0.4, 0.5) is 16.3 Å². The van der Waals surface area contributed by atoms with E-state index in [0.717, 1.165) is 49.0 Å². The number of carbonyl (C=O) groups excluding carboxylic acids is 1. The number of cyclic esters (lactones) is 1. The van der Waals surface area contributed by atoms with Crippen molar-refractivity contribution in [2.45, 2.75) is 12.1 Å². The van der Waals surface area contributed by atoms with Gasteiger partial charge in [0, 0.05) is 49.5 Å². The average molecular weight is 509 g/mol. The Balaban J connectivity index is 1.35. The first-order valence-corrected chi connectivity index (χ1v) is 12.3. The minimum Gasteiger partial charge on any atom is -0.497 e. The van der Waals surface area contributed by atoms with Crippen molar-refractivity contribution in [3.8, 4) is 11.6 Å². The molecule has 8 nitrogen and oxygen atoms in total. The number of halogens is 1. The molecule has 1 amide bonds. The van der Waals surface area contributed by atoms with Crippen molar-refractivity contribution in [3.63, 3.8) is 0 Å². The number of piperazine rings is 1. The molecule has 2 aliphatic heterocycles. The number of hydrogen-bond acceptors (Lipinski definition) is 7. The normalized spacial score (nSPS) is 20.4. The van der Waals surface area contributed by atoms with Gasteiger partial charge in [0.1, 0.15) is 23.7 Å². The summed E-state index contributed by atoms with van der Waals surface area (Å²) in [6, 6.07) is 20.6. The SMILES string of the molecule is COc1cccc([C@H]2[C@H](CN3CCN(c4cccc(OC)n4)CC3)OC(=O)N2c2ccc(Cl)cc2)c1. The zero-order valence-corrected chi connectivity index (χ0v) is 21.1. The predicted octanol–water partition coefficient (Wildman–Crippen LogP) is 4.64. The van der Waals surface area contributed by atoms with Crippen LogP contribution in [0.5, 0.6) is 11.6 Å². The zero-order chi connectivity index (χ0) is 25.1. The number of carbonyl (C=O) groups is 1. The number of anilines is 2. The molecule has 0 aliphatic carbocycles. The molecule has 0 radical (unpaired) electrons. The van der Waals surface area contributed by atoms with E-state index < -0.39 is 0 Å². The Bertz CT molecular complexity index is 1200. The standard InChI is InChI=1S/C27H29ClN4O4/c1-34-22-6-3-5-19(17-22)26-23(36-27(33)32(26)21-11-9-20(28)10-12-21)18-30-13-15-31(16-14-30)24-7-4-8-25(29-24)35-2/h3-12,17,23,26H,13-16,18H2,1-2H3/t23-,26-/m0/s1. The number of amides is 1. The lowest BCUT2D eigenvalue weighted by molar-refractivity contribution is 0.0939. The molecule has 0 spiro atoms. The van der Waals surface area contributed by atoms with Crippen LogP contribution in [-0.2, 0) is 4.74 Å². The molecule has 2 saturated heterocycles. The maximum atomic E-state index is 13.1. The first-order chi connectivity index (χ1) is 17.6. The number of rotatable bonds is 7. The first-order valence-electron chi connectivity index (χ1n) is 11.9. The summed E-state index contributed by atoms with van der Waals surface area (Å²) in [7, 11) is 3.26. The number of pyridine rings is 1. The van der Waals surface area contributed by atoms with Crippen LogP contribution in [0.1, 0.15) is 11.6 Å². The molecule has 2 aliphatic rings. The maximum absolute atomic E-state index is 13.1. The average Bonchev–Trinajstić information content (AvgIpc) is 3.24. The molecule has 9 heteroatoms. The van der Waals surface area contributed by atoms with E-state index in [-0.39, 0.29) is 18.2 Å². The van der Waals surface area contributed by atoms with Gasteiger partial charge in [0.15, 0.2) is 0 Å². The Morgan fingerprint density at radius 3 is 2.44 bits per heavy atom. The Labute approximate surface area is 215 Å². The molecule has 1 aromatic heterocycles. The highest BCUT2D eigenvalue weighted by atomic mass is 35.5. The van der Waals surface area contributed by atoms with Crippen LogP contribution in [0.3, 0.4) is 0 Å². The summed E-state index contributed by atoms with van der Waals surface area (Å²) in [4.78, 5) is 24.0. The van der Waals surface area contributed by atoms with Gasteiger partial charge >= 0.3 is 6.09 Å². The van der Waals surface area contributed by atoms with Crippen LogP contribution in [0.15, 0.2) is 66.7 Å². The van der Waals surface area contributed by atoms with E-state index in [1.807, 2.05) is 54.6 Å². The first kappa shape index (κ1) is 24.2. The Morgan fingerprint density at radius 1 is 0.972 bits per heavy atom. The molecular weight excluding hydrogens is 480 g/mol. The van der Waals surface area contributed by atoms with Gasteiger partial charge in [0.05, 0.1) is 14.2 Å². The van der Waals surface area contributed by atoms with Crippen LogP contribution < -0.4 is 19.3 Å². The Hall–Kier alpha value is -3.49. The Kier molecular flexibility index (Phi) is 7.16. The van der Waals surface area contributed by atoms with Gasteiger partial charge in [-0.2, -0.15) is 4.98 Å². The van der Waals surface area contributed by atoms with Crippen molar-refractivity contribution in [3.05, 3.63) is 77.3 Å². The summed E-state index contributed by atoms with van der Waals surface area (Å²) >= 11 is 6.10. The third kappa shape index (κ3) is 5.05. The molecule has 0 saturated carbocycles. The summed E-state index contributed by atoms with van der Waals surface area (Å²) in [5, 5.41) is 0.615. The highest BCUT2D eigenvalue weighted by Gasteiger charge is 2.44. The second-order valence-electron chi connectivity index (χ2n) is 8.82. The van der Waals surface area contributed by atoms with Crippen LogP contribution in [-0.4, -0.2) is 69.0 Å². The summed E-state index contributed by atoms with van der Waals surface area (Å²) < 4.78 is 16.7. The van der Waals surface area contributed by atoms with Crippen molar-refractivity contribution in [1.29, 1.82) is 0 Å². The van der Waals surface area contributed by atoms with E-state index in [1.165, 1.54) is 0 Å². The molecule has 2 aromatic carbocycles. The minimum atomic E-state index is -0.366. The molecule has 0 N–H and O–H groups in total. The number of methoxy groups -OCH3 is 2. The largest absolute Gasteiger partial charge is 0.497 e. The molecule has 5 rings (SSSR count). The summed E-state index contributed by atoms with van der Waals surface area (Å²) in [5.41, 5.74) is 1.70. The van der Waals surface area contributed by atoms with Crippen molar-refractivity contribution in [1.82, 2.24) is 9.88 Å². The fraction of sp³-hybridized carbons (Fsp3) is 0.333. The maximum Gasteiger partial charge on any atom is 0.415 e. The topological polar surface area (TPSA) is 67.4 Å². The number of hydrogen-bond donors (Lipinski definition) is 0. The molecule has 188 valence electrons. The van der Waals surface area contributed by atoms with Crippen molar-refractivity contribution < 1.29 is 19.0 Å². The highest BCUT2D eigenvalue weighted by molar-refractivity contribution is 6.30. The summed E-state index contributed by atoms with van der Waals surface area (Å²) in [5.74, 6) is 2.25. The molecule has 0 bridgehead atoms. The lowest BCUT2D eigenvalue weighted by Gasteiger charge is -2.37. The van der Waals surface area contributed by atoms with Gasteiger partial charge in [-0.1, -0.05) is 29.8 Å². The van der Waals surface area contributed by atoms with E-state index in [0.29, 0.717) is 17.4 Å². The van der Waals surface area contributed by atoms with Crippen LogP contribution >= 0.6 is 11.6 Å². The van der Waals surface area contributed by atoms with E-state index >= 15 is 0 Å². The van der Waals surface area contributed by atoms with Crippen molar-refractivity contribution >= 4 is 29.2 Å². The van der Waals surface area contributed by atoms with Gasteiger partial charge in [-0.25, -0.2) is 4.79 Å². The molecule has 2 fully saturated rings. The quantitative estimate of drug-likeness (QED) is 0.460. The van der Waals surface area contributed by atoms with E-state index in [4.69, 9.17) is 25.8 Å². The fourth-order valence-corrected chi connectivity index (χ4v) is 4.96. The van der Waals surface area contributed by atoms with E-state index in [2.05, 4.69) is 14.8 Å². The predicted molar refractivity (Wildman–Crippen MR) is 139 cm³/mol. The van der Waals surface area contributed by atoms with Crippen LogP contribution in [0, 0.1) is 0 Å². The summed E-state index contributed by atoms with van der Waals surface area (Å²) in [6.07, 6.45) is -0.712. The second kappa shape index (κ2) is 10.6. The number of nitrogens with zero attached hydrogens (tertiary/aromatic N) is 4.